The molecular weight excluding hydrogens is 630 g/mol. The summed E-state index contributed by atoms with van der Waals surface area (Å²) in [7, 11) is 0. The molecule has 0 spiro atoms. The lowest BCUT2D eigenvalue weighted by Gasteiger charge is -2.43. The predicted octanol–water partition coefficient (Wildman–Crippen LogP) is 8.10. The number of hydrogen-bond acceptors (Lipinski definition) is 6. The van der Waals surface area contributed by atoms with Crippen LogP contribution in [-0.4, -0.2) is 16.5 Å². The Bertz CT molecular complexity index is 1420. The molecule has 204 valence electrons. The number of halogens is 2. The molecule has 0 N–H and O–H groups in total. The van der Waals surface area contributed by atoms with Crippen molar-refractivity contribution >= 4 is 49.1 Å². The van der Waals surface area contributed by atoms with E-state index in [0.717, 1.165) is 10.0 Å². The molecule has 0 fully saturated rings. The molecule has 0 saturated heterocycles. The van der Waals surface area contributed by atoms with E-state index in [0.29, 0.717) is 64.1 Å². The lowest BCUT2D eigenvalue weighted by atomic mass is 9.65. The van der Waals surface area contributed by atoms with Gasteiger partial charge in [0.1, 0.15) is 23.9 Å². The van der Waals surface area contributed by atoms with Crippen LogP contribution >= 0.6 is 31.9 Å². The summed E-state index contributed by atoms with van der Waals surface area (Å²) in [5, 5.41) is 11.0. The van der Waals surface area contributed by atoms with E-state index in [1.54, 1.807) is 12.1 Å². The molecule has 0 radical (unpaired) electrons. The summed E-state index contributed by atoms with van der Waals surface area (Å²) in [4.78, 5) is 38.0. The van der Waals surface area contributed by atoms with Gasteiger partial charge in [-0.25, -0.2) is 0 Å². The van der Waals surface area contributed by atoms with Gasteiger partial charge < -0.3 is 9.47 Å². The minimum atomic E-state index is -0.614. The Morgan fingerprint density at radius 1 is 0.923 bits per heavy atom. The van der Waals surface area contributed by atoms with Crippen molar-refractivity contribution in [3.63, 3.8) is 0 Å². The lowest BCUT2D eigenvalue weighted by molar-refractivity contribution is -0.384. The molecule has 2 aromatic carbocycles. The van der Waals surface area contributed by atoms with E-state index in [-0.39, 0.29) is 34.7 Å². The average molecular weight is 659 g/mol. The molecule has 0 atom stereocenters. The first-order valence-corrected chi connectivity index (χ1v) is 14.4. The number of nitro groups is 1. The summed E-state index contributed by atoms with van der Waals surface area (Å²) in [6.07, 6.45) is 1.93. The number of hydrogen-bond donors (Lipinski definition) is 0. The molecule has 0 aromatic heterocycles. The van der Waals surface area contributed by atoms with Crippen LogP contribution in [0.3, 0.4) is 0 Å². The average Bonchev–Trinajstić information content (AvgIpc) is 2.80. The lowest BCUT2D eigenvalue weighted by Crippen LogP contribution is -2.37. The van der Waals surface area contributed by atoms with Gasteiger partial charge in [-0.2, -0.15) is 0 Å². The first-order chi connectivity index (χ1) is 18.2. The van der Waals surface area contributed by atoms with Crippen molar-refractivity contribution in [2.75, 3.05) is 0 Å². The van der Waals surface area contributed by atoms with E-state index < -0.39 is 10.8 Å². The van der Waals surface area contributed by atoms with Gasteiger partial charge in [-0.1, -0.05) is 43.6 Å². The Morgan fingerprint density at radius 2 is 1.46 bits per heavy atom. The highest BCUT2D eigenvalue weighted by atomic mass is 79.9. The Labute approximate surface area is 244 Å². The van der Waals surface area contributed by atoms with Crippen LogP contribution in [0.2, 0.25) is 0 Å². The van der Waals surface area contributed by atoms with Crippen LogP contribution in [0.1, 0.15) is 70.4 Å². The molecule has 0 saturated carbocycles. The Morgan fingerprint density at radius 3 is 1.97 bits per heavy atom. The van der Waals surface area contributed by atoms with Crippen LogP contribution < -0.4 is 4.74 Å². The number of nitrogens with zero attached hydrogens (tertiary/aromatic N) is 1. The van der Waals surface area contributed by atoms with Gasteiger partial charge in [0, 0.05) is 59.0 Å². The summed E-state index contributed by atoms with van der Waals surface area (Å²) in [5.74, 6) is 1.14. The molecular formula is C30H29Br2NO6. The fraction of sp³-hybridized carbons (Fsp3) is 0.400. The molecule has 39 heavy (non-hydrogen) atoms. The molecule has 2 aliphatic carbocycles. The third kappa shape index (κ3) is 5.48. The number of nitro benzene ring substituents is 1. The van der Waals surface area contributed by atoms with E-state index in [9.17, 15) is 19.7 Å². The number of allylic oxidation sites excluding steroid dienone is 4. The van der Waals surface area contributed by atoms with Gasteiger partial charge in [-0.3, -0.25) is 19.7 Å². The van der Waals surface area contributed by atoms with Crippen molar-refractivity contribution < 1.29 is 24.0 Å². The Kier molecular flexibility index (Phi) is 7.12. The van der Waals surface area contributed by atoms with Crippen LogP contribution in [0.5, 0.6) is 5.75 Å². The first-order valence-electron chi connectivity index (χ1n) is 12.8. The smallest absolute Gasteiger partial charge is 0.269 e. The van der Waals surface area contributed by atoms with Crippen LogP contribution in [0.15, 0.2) is 68.0 Å². The second-order valence-corrected chi connectivity index (χ2v) is 13.9. The molecule has 5 rings (SSSR count). The van der Waals surface area contributed by atoms with Gasteiger partial charge in [0.2, 0.25) is 0 Å². The number of benzene rings is 2. The number of Topliss-reactive ketones (excluding diaryl/α,β-unsaturated/α-hetero) is 2. The Hall–Kier alpha value is -2.78. The van der Waals surface area contributed by atoms with Gasteiger partial charge in [0.05, 0.1) is 15.3 Å². The third-order valence-corrected chi connectivity index (χ3v) is 8.51. The van der Waals surface area contributed by atoms with Crippen LogP contribution in [0.4, 0.5) is 5.69 Å². The highest BCUT2D eigenvalue weighted by Crippen LogP contribution is 2.55. The fourth-order valence-electron chi connectivity index (χ4n) is 5.80. The molecule has 0 amide bonds. The maximum absolute atomic E-state index is 13.7. The molecule has 7 nitrogen and oxygen atoms in total. The third-order valence-electron chi connectivity index (χ3n) is 7.46. The van der Waals surface area contributed by atoms with E-state index in [2.05, 4.69) is 59.6 Å². The van der Waals surface area contributed by atoms with Crippen molar-refractivity contribution in [3.05, 3.63) is 89.2 Å². The van der Waals surface area contributed by atoms with Crippen molar-refractivity contribution in [3.8, 4) is 5.75 Å². The van der Waals surface area contributed by atoms with E-state index in [1.807, 2.05) is 12.1 Å². The quantitative estimate of drug-likeness (QED) is 0.238. The second-order valence-electron chi connectivity index (χ2n) is 12.1. The van der Waals surface area contributed by atoms with Gasteiger partial charge >= 0.3 is 0 Å². The maximum Gasteiger partial charge on any atom is 0.269 e. The summed E-state index contributed by atoms with van der Waals surface area (Å²) in [6.45, 7) is 8.37. The van der Waals surface area contributed by atoms with Crippen LogP contribution in [0, 0.1) is 20.9 Å². The zero-order valence-electron chi connectivity index (χ0n) is 22.2. The molecule has 0 unspecified atom stereocenters. The van der Waals surface area contributed by atoms with Crippen LogP contribution in [0.25, 0.3) is 0 Å². The topological polar surface area (TPSA) is 95.7 Å². The number of non-ortho nitro benzene ring substituents is 1. The Balaban J connectivity index is 1.63. The highest BCUT2D eigenvalue weighted by Gasteiger charge is 2.48. The fourth-order valence-corrected chi connectivity index (χ4v) is 7.17. The zero-order chi connectivity index (χ0) is 28.3. The van der Waals surface area contributed by atoms with Crippen molar-refractivity contribution in [2.45, 2.75) is 65.9 Å². The van der Waals surface area contributed by atoms with Gasteiger partial charge in [-0.15, -0.1) is 0 Å². The summed E-state index contributed by atoms with van der Waals surface area (Å²) >= 11 is 7.22. The second kappa shape index (κ2) is 10.0. The van der Waals surface area contributed by atoms with Crippen LogP contribution in [-0.2, 0) is 20.9 Å². The minimum absolute atomic E-state index is 0.00266. The van der Waals surface area contributed by atoms with E-state index in [1.165, 1.54) is 12.1 Å². The monoisotopic (exact) mass is 657 g/mol. The zero-order valence-corrected chi connectivity index (χ0v) is 25.4. The largest absolute Gasteiger partial charge is 0.487 e. The van der Waals surface area contributed by atoms with E-state index >= 15 is 0 Å². The predicted molar refractivity (Wildman–Crippen MR) is 153 cm³/mol. The van der Waals surface area contributed by atoms with E-state index in [4.69, 9.17) is 9.47 Å². The molecule has 9 heteroatoms. The molecule has 1 heterocycles. The van der Waals surface area contributed by atoms with Crippen molar-refractivity contribution in [2.24, 2.45) is 10.8 Å². The van der Waals surface area contributed by atoms with Gasteiger partial charge in [0.15, 0.2) is 11.6 Å². The molecule has 0 bridgehead atoms. The molecule has 1 aliphatic heterocycles. The maximum atomic E-state index is 13.7. The van der Waals surface area contributed by atoms with Crippen molar-refractivity contribution in [1.82, 2.24) is 0 Å². The van der Waals surface area contributed by atoms with Crippen molar-refractivity contribution in [1.29, 1.82) is 0 Å². The number of ketones is 2. The summed E-state index contributed by atoms with van der Waals surface area (Å²) in [5.41, 5.74) is 2.02. The van der Waals surface area contributed by atoms with Gasteiger partial charge in [-0.05, 0) is 56.6 Å². The number of carbonyl (C=O) groups excluding carboxylic acids is 2. The standard InChI is InChI=1S/C30H29Br2NO6/c1-29(2)11-21(34)26-23(13-29)39-24-14-30(3,4)12-22(35)27(24)25(26)19-9-17(31)10-20(32)28(19)38-15-16-5-7-18(8-6-16)33(36)37/h5-10,25H,11-15H2,1-4H3. The molecule has 3 aliphatic rings. The molecule has 2 aromatic rings. The number of rotatable bonds is 5. The SMILES string of the molecule is CC1(C)CC(=O)C2=C(C1)OC1=C(C(=O)CC(C)(C)C1)C2c1cc(Br)cc(Br)c1OCc1ccc([N+](=O)[O-])cc1. The number of ether oxygens (including phenoxy) is 2. The minimum Gasteiger partial charge on any atom is -0.487 e. The summed E-state index contributed by atoms with van der Waals surface area (Å²) in [6, 6.07) is 9.94. The summed E-state index contributed by atoms with van der Waals surface area (Å²) < 4.78 is 14.2. The highest BCUT2D eigenvalue weighted by molar-refractivity contribution is 9.11. The first kappa shape index (κ1) is 27.8. The normalized spacial score (nSPS) is 20.4. The van der Waals surface area contributed by atoms with Gasteiger partial charge in [0.25, 0.3) is 5.69 Å². The number of carbonyl (C=O) groups is 2.